The van der Waals surface area contributed by atoms with E-state index in [-0.39, 0.29) is 17.0 Å². The Morgan fingerprint density at radius 2 is 2.06 bits per heavy atom. The van der Waals surface area contributed by atoms with Crippen LogP contribution in [-0.4, -0.2) is 17.3 Å². The minimum absolute atomic E-state index is 0.135. The molecule has 0 saturated carbocycles. The third kappa shape index (κ3) is 2.81. The van der Waals surface area contributed by atoms with Crippen LogP contribution in [0.2, 0.25) is 0 Å². The van der Waals surface area contributed by atoms with Gasteiger partial charge in [-0.1, -0.05) is 6.92 Å². The summed E-state index contributed by atoms with van der Waals surface area (Å²) in [5, 5.41) is 10.9. The van der Waals surface area contributed by atoms with Gasteiger partial charge in [-0.15, -0.1) is 0 Å². The van der Waals surface area contributed by atoms with E-state index in [1.54, 1.807) is 6.07 Å². The van der Waals surface area contributed by atoms with E-state index in [4.69, 9.17) is 4.74 Å². The second-order valence-corrected chi connectivity index (χ2v) is 3.58. The van der Waals surface area contributed by atoms with Gasteiger partial charge in [0.15, 0.2) is 5.78 Å². The van der Waals surface area contributed by atoms with Crippen molar-refractivity contribution >= 4 is 11.5 Å². The van der Waals surface area contributed by atoms with Crippen molar-refractivity contribution in [3.05, 3.63) is 33.4 Å². The van der Waals surface area contributed by atoms with Crippen molar-refractivity contribution in [2.24, 2.45) is 0 Å². The van der Waals surface area contributed by atoms with Gasteiger partial charge in [-0.25, -0.2) is 0 Å². The fourth-order valence-corrected chi connectivity index (χ4v) is 1.61. The Hall–Kier alpha value is -1.91. The van der Waals surface area contributed by atoms with Gasteiger partial charge in [0.25, 0.3) is 5.69 Å². The number of carbonyl (C=O) groups excluding carboxylic acids is 1. The number of benzene rings is 1. The molecule has 0 aliphatic carbocycles. The lowest BCUT2D eigenvalue weighted by Crippen LogP contribution is -2.04. The van der Waals surface area contributed by atoms with Crippen LogP contribution in [-0.2, 0) is 6.42 Å². The number of Topliss-reactive ketones (excluding diaryl/α,β-unsaturated/α-hetero) is 1. The van der Waals surface area contributed by atoms with Gasteiger partial charge in [0.1, 0.15) is 5.75 Å². The number of nitro groups is 1. The maximum absolute atomic E-state index is 11.4. The predicted molar refractivity (Wildman–Crippen MR) is 63.6 cm³/mol. The number of carbonyl (C=O) groups is 1. The Labute approximate surface area is 99.5 Å². The Morgan fingerprint density at radius 3 is 2.47 bits per heavy atom. The second kappa shape index (κ2) is 5.43. The summed E-state index contributed by atoms with van der Waals surface area (Å²) in [4.78, 5) is 21.7. The number of aryl methyl sites for hydroxylation is 1. The van der Waals surface area contributed by atoms with Crippen molar-refractivity contribution in [3.63, 3.8) is 0 Å². The predicted octanol–water partition coefficient (Wildman–Crippen LogP) is 2.76. The zero-order valence-electron chi connectivity index (χ0n) is 10.1. The van der Waals surface area contributed by atoms with E-state index in [2.05, 4.69) is 0 Å². The molecule has 0 heterocycles. The Bertz CT molecular complexity index is 454. The highest BCUT2D eigenvalue weighted by Crippen LogP contribution is 2.29. The minimum atomic E-state index is -0.557. The second-order valence-electron chi connectivity index (χ2n) is 3.58. The van der Waals surface area contributed by atoms with Gasteiger partial charge in [0.2, 0.25) is 0 Å². The summed E-state index contributed by atoms with van der Waals surface area (Å²) >= 11 is 0. The van der Waals surface area contributed by atoms with Gasteiger partial charge >= 0.3 is 0 Å². The van der Waals surface area contributed by atoms with Gasteiger partial charge in [0.05, 0.1) is 23.2 Å². The van der Waals surface area contributed by atoms with E-state index >= 15 is 0 Å². The van der Waals surface area contributed by atoms with Gasteiger partial charge in [-0.05, 0) is 31.9 Å². The maximum atomic E-state index is 11.4. The number of ketones is 1. The smallest absolute Gasteiger partial charge is 0.283 e. The summed E-state index contributed by atoms with van der Waals surface area (Å²) in [6.45, 7) is 5.48. The summed E-state index contributed by atoms with van der Waals surface area (Å²) in [6, 6.07) is 2.88. The number of hydrogen-bond acceptors (Lipinski definition) is 4. The van der Waals surface area contributed by atoms with Crippen LogP contribution in [0.1, 0.15) is 36.7 Å². The van der Waals surface area contributed by atoms with Gasteiger partial charge in [-0.2, -0.15) is 0 Å². The van der Waals surface area contributed by atoms with E-state index in [9.17, 15) is 14.9 Å². The number of hydrogen-bond donors (Lipinski definition) is 0. The van der Waals surface area contributed by atoms with Crippen LogP contribution in [0.15, 0.2) is 12.1 Å². The van der Waals surface area contributed by atoms with Crippen LogP contribution in [0.5, 0.6) is 5.75 Å². The average Bonchev–Trinajstić information content (AvgIpc) is 2.28. The molecule has 0 radical (unpaired) electrons. The van der Waals surface area contributed by atoms with Gasteiger partial charge in [0, 0.05) is 0 Å². The summed E-state index contributed by atoms with van der Waals surface area (Å²) in [7, 11) is 0. The van der Waals surface area contributed by atoms with Crippen LogP contribution in [0.3, 0.4) is 0 Å². The number of nitrogens with zero attached hydrogens (tertiary/aromatic N) is 1. The molecule has 0 saturated heterocycles. The third-order valence-corrected chi connectivity index (χ3v) is 2.44. The molecule has 5 nitrogen and oxygen atoms in total. The molecule has 5 heteroatoms. The zero-order valence-corrected chi connectivity index (χ0v) is 10.1. The Kier molecular flexibility index (Phi) is 4.20. The van der Waals surface area contributed by atoms with E-state index in [1.807, 2.05) is 13.8 Å². The van der Waals surface area contributed by atoms with Crippen molar-refractivity contribution in [1.82, 2.24) is 0 Å². The Balaban J connectivity index is 3.42. The highest BCUT2D eigenvalue weighted by Gasteiger charge is 2.21. The number of rotatable bonds is 5. The van der Waals surface area contributed by atoms with Crippen LogP contribution < -0.4 is 4.74 Å². The minimum Gasteiger partial charge on any atom is -0.493 e. The molecule has 0 unspecified atom stereocenters. The summed E-state index contributed by atoms with van der Waals surface area (Å²) in [5.74, 6) is 0.168. The summed E-state index contributed by atoms with van der Waals surface area (Å²) in [5.41, 5.74) is 0.746. The topological polar surface area (TPSA) is 69.4 Å². The average molecular weight is 237 g/mol. The standard InChI is InChI=1S/C12H15NO4/c1-4-9-6-10(8(3)14)11(13(15)16)7-12(9)17-5-2/h6-7H,4-5H2,1-3H3. The first-order chi connectivity index (χ1) is 8.01. The molecule has 0 amide bonds. The normalized spacial score (nSPS) is 10.1. The molecule has 17 heavy (non-hydrogen) atoms. The first-order valence-electron chi connectivity index (χ1n) is 5.46. The van der Waals surface area contributed by atoms with Crippen LogP contribution in [0.4, 0.5) is 5.69 Å². The first kappa shape index (κ1) is 13.2. The van der Waals surface area contributed by atoms with E-state index in [1.165, 1.54) is 13.0 Å². The van der Waals surface area contributed by atoms with Gasteiger partial charge < -0.3 is 4.74 Å². The SMILES string of the molecule is CCOc1cc([N+](=O)[O-])c(C(C)=O)cc1CC. The van der Waals surface area contributed by atoms with E-state index in [0.29, 0.717) is 18.8 Å². The molecule has 0 aromatic heterocycles. The molecule has 92 valence electrons. The molecular formula is C12H15NO4. The maximum Gasteiger partial charge on any atom is 0.283 e. The third-order valence-electron chi connectivity index (χ3n) is 2.44. The fraction of sp³-hybridized carbons (Fsp3) is 0.417. The van der Waals surface area contributed by atoms with Crippen LogP contribution in [0.25, 0.3) is 0 Å². The molecule has 0 fully saturated rings. The molecule has 0 aliphatic rings. The monoisotopic (exact) mass is 237 g/mol. The molecule has 0 N–H and O–H groups in total. The molecule has 1 aromatic rings. The van der Waals surface area contributed by atoms with Crippen molar-refractivity contribution in [2.75, 3.05) is 6.61 Å². The van der Waals surface area contributed by atoms with Crippen molar-refractivity contribution in [1.29, 1.82) is 0 Å². The molecule has 1 rings (SSSR count). The van der Waals surface area contributed by atoms with Crippen molar-refractivity contribution < 1.29 is 14.5 Å². The van der Waals surface area contributed by atoms with E-state index in [0.717, 1.165) is 5.56 Å². The summed E-state index contributed by atoms with van der Waals surface area (Å²) in [6.07, 6.45) is 0.660. The van der Waals surface area contributed by atoms with E-state index < -0.39 is 4.92 Å². The first-order valence-corrected chi connectivity index (χ1v) is 5.46. The van der Waals surface area contributed by atoms with Gasteiger partial charge in [-0.3, -0.25) is 14.9 Å². The molecule has 0 aliphatic heterocycles. The largest absolute Gasteiger partial charge is 0.493 e. The Morgan fingerprint density at radius 1 is 1.41 bits per heavy atom. The number of ether oxygens (including phenoxy) is 1. The highest BCUT2D eigenvalue weighted by molar-refractivity contribution is 5.98. The fourth-order valence-electron chi connectivity index (χ4n) is 1.61. The lowest BCUT2D eigenvalue weighted by atomic mass is 10.0. The van der Waals surface area contributed by atoms with Crippen LogP contribution in [0, 0.1) is 10.1 Å². The van der Waals surface area contributed by atoms with Crippen molar-refractivity contribution in [3.8, 4) is 5.75 Å². The molecule has 0 bridgehead atoms. The zero-order chi connectivity index (χ0) is 13.0. The summed E-state index contributed by atoms with van der Waals surface area (Å²) < 4.78 is 5.34. The highest BCUT2D eigenvalue weighted by atomic mass is 16.6. The molecule has 0 atom stereocenters. The lowest BCUT2D eigenvalue weighted by molar-refractivity contribution is -0.385. The molecule has 0 spiro atoms. The quantitative estimate of drug-likeness (QED) is 0.448. The lowest BCUT2D eigenvalue weighted by Gasteiger charge is -2.10. The van der Waals surface area contributed by atoms with Crippen LogP contribution >= 0.6 is 0 Å². The molecule has 1 aromatic carbocycles. The van der Waals surface area contributed by atoms with Crippen molar-refractivity contribution in [2.45, 2.75) is 27.2 Å². The number of nitro benzene ring substituents is 1. The molecular weight excluding hydrogens is 222 g/mol.